The van der Waals surface area contributed by atoms with Crippen molar-refractivity contribution < 1.29 is 9.63 Å². The Balaban J connectivity index is 1.49. The molecular weight excluding hydrogens is 318 g/mol. The second-order valence-electron chi connectivity index (χ2n) is 7.71. The van der Waals surface area contributed by atoms with E-state index in [1.165, 1.54) is 0 Å². The maximum atomic E-state index is 10.3. The molecule has 2 aromatic rings. The van der Waals surface area contributed by atoms with Crippen LogP contribution in [0.25, 0.3) is 11.4 Å². The van der Waals surface area contributed by atoms with E-state index in [1.54, 1.807) is 12.4 Å². The van der Waals surface area contributed by atoms with Crippen molar-refractivity contribution in [2.45, 2.75) is 33.4 Å². The van der Waals surface area contributed by atoms with Gasteiger partial charge in [-0.3, -0.25) is 14.8 Å². The molecule has 0 bridgehead atoms. The Morgan fingerprint density at radius 2 is 1.92 bits per heavy atom. The van der Waals surface area contributed by atoms with Crippen LogP contribution in [-0.4, -0.2) is 68.9 Å². The molecule has 2 aromatic heterocycles. The lowest BCUT2D eigenvalue weighted by atomic mass is 9.89. The minimum Gasteiger partial charge on any atom is -0.391 e. The number of piperazine rings is 1. The van der Waals surface area contributed by atoms with Crippen LogP contribution < -0.4 is 0 Å². The van der Waals surface area contributed by atoms with E-state index in [4.69, 9.17) is 4.52 Å². The third-order valence-corrected chi connectivity index (χ3v) is 4.64. The minimum atomic E-state index is -0.308. The zero-order chi connectivity index (χ0) is 17.9. The molecule has 0 spiro atoms. The van der Waals surface area contributed by atoms with Gasteiger partial charge in [-0.1, -0.05) is 25.9 Å². The lowest BCUT2D eigenvalue weighted by molar-refractivity contribution is 0.0115. The highest BCUT2D eigenvalue weighted by molar-refractivity contribution is 5.51. The molecule has 1 fully saturated rings. The summed E-state index contributed by atoms with van der Waals surface area (Å²) < 4.78 is 5.37. The molecule has 7 heteroatoms. The van der Waals surface area contributed by atoms with Crippen LogP contribution in [0.5, 0.6) is 0 Å². The highest BCUT2D eigenvalue weighted by atomic mass is 16.5. The molecule has 0 aromatic carbocycles. The number of rotatable bonds is 5. The van der Waals surface area contributed by atoms with Crippen LogP contribution in [0.15, 0.2) is 29.0 Å². The summed E-state index contributed by atoms with van der Waals surface area (Å²) in [7, 11) is 0. The number of β-amino-alcohol motifs (C(OH)–C–C–N with tert-alkyl or cyclic N) is 1. The average Bonchev–Trinajstić information content (AvgIpc) is 3.05. The third-order valence-electron chi connectivity index (χ3n) is 4.64. The van der Waals surface area contributed by atoms with Gasteiger partial charge >= 0.3 is 0 Å². The van der Waals surface area contributed by atoms with Gasteiger partial charge < -0.3 is 9.63 Å². The van der Waals surface area contributed by atoms with Gasteiger partial charge in [0, 0.05) is 50.7 Å². The number of pyridine rings is 1. The van der Waals surface area contributed by atoms with E-state index in [2.05, 4.69) is 45.7 Å². The maximum Gasteiger partial charge on any atom is 0.241 e. The normalized spacial score (nSPS) is 18.4. The Hall–Kier alpha value is -1.83. The summed E-state index contributed by atoms with van der Waals surface area (Å²) in [6.07, 6.45) is 3.14. The Kier molecular flexibility index (Phi) is 5.46. The summed E-state index contributed by atoms with van der Waals surface area (Å²) >= 11 is 0. The molecule has 7 nitrogen and oxygen atoms in total. The van der Waals surface area contributed by atoms with Gasteiger partial charge in [0.05, 0.1) is 12.6 Å². The summed E-state index contributed by atoms with van der Waals surface area (Å²) in [6.45, 7) is 11.3. The average molecular weight is 345 g/mol. The van der Waals surface area contributed by atoms with Crippen LogP contribution in [0, 0.1) is 5.41 Å². The van der Waals surface area contributed by atoms with Crippen molar-refractivity contribution in [3.05, 3.63) is 30.4 Å². The Bertz CT molecular complexity index is 660. The molecule has 1 unspecified atom stereocenters. The van der Waals surface area contributed by atoms with E-state index in [0.717, 1.165) is 38.3 Å². The summed E-state index contributed by atoms with van der Waals surface area (Å²) in [5.41, 5.74) is 0.780. The summed E-state index contributed by atoms with van der Waals surface area (Å²) in [5.74, 6) is 1.21. The molecule has 0 aliphatic carbocycles. The third kappa shape index (κ3) is 4.84. The lowest BCUT2D eigenvalue weighted by Gasteiger charge is -2.37. The number of aliphatic hydroxyl groups excluding tert-OH is 1. The molecule has 0 radical (unpaired) electrons. The Morgan fingerprint density at radius 3 is 2.56 bits per heavy atom. The molecule has 3 rings (SSSR count). The van der Waals surface area contributed by atoms with Crippen LogP contribution in [0.3, 0.4) is 0 Å². The van der Waals surface area contributed by atoms with Gasteiger partial charge in [0.1, 0.15) is 0 Å². The fraction of sp³-hybridized carbons (Fsp3) is 0.611. The molecule has 1 N–H and O–H groups in total. The molecule has 0 amide bonds. The molecule has 25 heavy (non-hydrogen) atoms. The highest BCUT2D eigenvalue weighted by Crippen LogP contribution is 2.20. The summed E-state index contributed by atoms with van der Waals surface area (Å²) in [6, 6.07) is 3.78. The SMILES string of the molecule is CC(C)(C)C(O)CN1CCN(Cc2nc(-c3cccnc3)no2)CC1. The molecule has 1 aliphatic heterocycles. The molecule has 136 valence electrons. The predicted octanol–water partition coefficient (Wildman–Crippen LogP) is 1.66. The van der Waals surface area contributed by atoms with Crippen molar-refractivity contribution in [1.82, 2.24) is 24.9 Å². The van der Waals surface area contributed by atoms with Crippen molar-refractivity contribution in [3.8, 4) is 11.4 Å². The predicted molar refractivity (Wildman–Crippen MR) is 94.7 cm³/mol. The number of hydrogen-bond donors (Lipinski definition) is 1. The number of hydrogen-bond acceptors (Lipinski definition) is 7. The quantitative estimate of drug-likeness (QED) is 0.883. The van der Waals surface area contributed by atoms with Crippen molar-refractivity contribution >= 4 is 0 Å². The fourth-order valence-corrected chi connectivity index (χ4v) is 2.77. The molecule has 1 saturated heterocycles. The zero-order valence-electron chi connectivity index (χ0n) is 15.2. The zero-order valence-corrected chi connectivity index (χ0v) is 15.2. The summed E-state index contributed by atoms with van der Waals surface area (Å²) in [5, 5.41) is 14.3. The largest absolute Gasteiger partial charge is 0.391 e. The number of aliphatic hydroxyl groups is 1. The smallest absolute Gasteiger partial charge is 0.241 e. The van der Waals surface area contributed by atoms with E-state index < -0.39 is 0 Å². The Labute approximate surface area is 148 Å². The van der Waals surface area contributed by atoms with Gasteiger partial charge in [0.2, 0.25) is 11.7 Å². The van der Waals surface area contributed by atoms with Crippen molar-refractivity contribution in [1.29, 1.82) is 0 Å². The van der Waals surface area contributed by atoms with E-state index in [1.807, 2.05) is 12.1 Å². The van der Waals surface area contributed by atoms with Gasteiger partial charge in [0.15, 0.2) is 0 Å². The van der Waals surface area contributed by atoms with Gasteiger partial charge in [-0.15, -0.1) is 0 Å². The summed E-state index contributed by atoms with van der Waals surface area (Å²) in [4.78, 5) is 13.2. The van der Waals surface area contributed by atoms with Crippen molar-refractivity contribution in [3.63, 3.8) is 0 Å². The topological polar surface area (TPSA) is 78.5 Å². The monoisotopic (exact) mass is 345 g/mol. The van der Waals surface area contributed by atoms with E-state index >= 15 is 0 Å². The van der Waals surface area contributed by atoms with Crippen LogP contribution in [-0.2, 0) is 6.54 Å². The highest BCUT2D eigenvalue weighted by Gasteiger charge is 2.26. The second kappa shape index (κ2) is 7.59. The molecule has 0 saturated carbocycles. The van der Waals surface area contributed by atoms with Gasteiger partial charge in [-0.25, -0.2) is 0 Å². The van der Waals surface area contributed by atoms with Crippen LogP contribution in [0.4, 0.5) is 0 Å². The molecular formula is C18H27N5O2. The van der Waals surface area contributed by atoms with Crippen molar-refractivity contribution in [2.24, 2.45) is 5.41 Å². The van der Waals surface area contributed by atoms with Gasteiger partial charge in [-0.2, -0.15) is 4.98 Å². The number of aromatic nitrogens is 3. The van der Waals surface area contributed by atoms with E-state index in [-0.39, 0.29) is 11.5 Å². The molecule has 1 aliphatic rings. The second-order valence-corrected chi connectivity index (χ2v) is 7.71. The van der Waals surface area contributed by atoms with Crippen molar-refractivity contribution in [2.75, 3.05) is 32.7 Å². The first-order valence-corrected chi connectivity index (χ1v) is 8.77. The van der Waals surface area contributed by atoms with Gasteiger partial charge in [0.25, 0.3) is 0 Å². The van der Waals surface area contributed by atoms with E-state index in [0.29, 0.717) is 18.3 Å². The Morgan fingerprint density at radius 1 is 1.20 bits per heavy atom. The first-order chi connectivity index (χ1) is 11.9. The standard InChI is InChI=1S/C18H27N5O2/c1-18(2,3)15(24)12-22-7-9-23(10-8-22)13-16-20-17(21-25-16)14-5-4-6-19-11-14/h4-6,11,15,24H,7-10,12-13H2,1-3H3. The van der Waals surface area contributed by atoms with Gasteiger partial charge in [-0.05, 0) is 17.5 Å². The molecule has 3 heterocycles. The number of nitrogens with zero attached hydrogens (tertiary/aromatic N) is 5. The lowest BCUT2D eigenvalue weighted by Crippen LogP contribution is -2.49. The van der Waals surface area contributed by atoms with Crippen LogP contribution in [0.1, 0.15) is 26.7 Å². The first-order valence-electron chi connectivity index (χ1n) is 8.77. The minimum absolute atomic E-state index is 0.0798. The maximum absolute atomic E-state index is 10.3. The van der Waals surface area contributed by atoms with Crippen LogP contribution in [0.2, 0.25) is 0 Å². The van der Waals surface area contributed by atoms with Crippen LogP contribution >= 0.6 is 0 Å². The fourth-order valence-electron chi connectivity index (χ4n) is 2.77. The molecule has 1 atom stereocenters. The van der Waals surface area contributed by atoms with E-state index in [9.17, 15) is 5.11 Å². The first kappa shape index (κ1) is 18.0.